The number of nitrogens with one attached hydrogen (secondary N) is 2. The van der Waals surface area contributed by atoms with E-state index in [1.54, 1.807) is 6.07 Å². The van der Waals surface area contributed by atoms with Crippen molar-refractivity contribution in [1.29, 1.82) is 0 Å². The topological polar surface area (TPSA) is 75.3 Å². The van der Waals surface area contributed by atoms with Crippen LogP contribution in [-0.2, 0) is 33.8 Å². The van der Waals surface area contributed by atoms with Gasteiger partial charge in [0.05, 0.1) is 10.5 Å². The second kappa shape index (κ2) is 7.92. The molecule has 2 aromatic carbocycles. The SMILES string of the molecule is O=C(CCNS(=O)(=O)c1cccc(C(F)(F)F)c1)Nc1ccc2c(c1)CCC2. The summed E-state index contributed by atoms with van der Waals surface area (Å²) >= 11 is 0. The molecular weight excluding hydrogens is 393 g/mol. The van der Waals surface area contributed by atoms with Gasteiger partial charge in [0.25, 0.3) is 0 Å². The van der Waals surface area contributed by atoms with Crippen LogP contribution in [0, 0.1) is 0 Å². The fourth-order valence-corrected chi connectivity index (χ4v) is 4.17. The number of fused-ring (bicyclic) bond motifs is 1. The molecule has 0 bridgehead atoms. The molecule has 9 heteroatoms. The highest BCUT2D eigenvalue weighted by atomic mass is 32.2. The van der Waals surface area contributed by atoms with Crippen molar-refractivity contribution in [2.24, 2.45) is 0 Å². The Kier molecular flexibility index (Phi) is 5.76. The molecule has 0 radical (unpaired) electrons. The number of halogens is 3. The number of rotatable bonds is 6. The van der Waals surface area contributed by atoms with E-state index in [9.17, 15) is 26.4 Å². The zero-order valence-electron chi connectivity index (χ0n) is 14.8. The predicted octanol–water partition coefficient (Wildman–Crippen LogP) is 3.50. The van der Waals surface area contributed by atoms with Crippen molar-refractivity contribution in [3.8, 4) is 0 Å². The summed E-state index contributed by atoms with van der Waals surface area (Å²) in [6.07, 6.45) is -1.70. The van der Waals surface area contributed by atoms with Gasteiger partial charge in [-0.05, 0) is 60.7 Å². The molecule has 0 aromatic heterocycles. The first-order valence-corrected chi connectivity index (χ1v) is 10.2. The molecule has 0 unspecified atom stereocenters. The van der Waals surface area contributed by atoms with Gasteiger partial charge in [0, 0.05) is 18.7 Å². The third-order valence-electron chi connectivity index (χ3n) is 4.50. The van der Waals surface area contributed by atoms with Gasteiger partial charge >= 0.3 is 6.18 Å². The summed E-state index contributed by atoms with van der Waals surface area (Å²) in [7, 11) is -4.15. The van der Waals surface area contributed by atoms with Gasteiger partial charge in [-0.15, -0.1) is 0 Å². The van der Waals surface area contributed by atoms with Crippen molar-refractivity contribution in [2.45, 2.75) is 36.8 Å². The number of carbonyl (C=O) groups excluding carboxylic acids is 1. The number of benzene rings is 2. The van der Waals surface area contributed by atoms with Crippen LogP contribution < -0.4 is 10.0 Å². The summed E-state index contributed by atoms with van der Waals surface area (Å²) in [6, 6.07) is 9.13. The lowest BCUT2D eigenvalue weighted by atomic mass is 10.1. The number of alkyl halides is 3. The molecule has 150 valence electrons. The summed E-state index contributed by atoms with van der Waals surface area (Å²) in [6.45, 7) is -0.227. The maximum atomic E-state index is 12.7. The monoisotopic (exact) mass is 412 g/mol. The second-order valence-corrected chi connectivity index (χ2v) is 8.33. The second-order valence-electron chi connectivity index (χ2n) is 6.56. The minimum absolute atomic E-state index is 0.144. The van der Waals surface area contributed by atoms with Crippen LogP contribution in [0.25, 0.3) is 0 Å². The van der Waals surface area contributed by atoms with Crippen LogP contribution in [0.15, 0.2) is 47.4 Å². The highest BCUT2D eigenvalue weighted by molar-refractivity contribution is 7.89. The Morgan fingerprint density at radius 3 is 2.54 bits per heavy atom. The highest BCUT2D eigenvalue weighted by Crippen LogP contribution is 2.30. The molecule has 0 aliphatic heterocycles. The van der Waals surface area contributed by atoms with Crippen LogP contribution in [-0.4, -0.2) is 20.9 Å². The van der Waals surface area contributed by atoms with Gasteiger partial charge in [0.2, 0.25) is 15.9 Å². The van der Waals surface area contributed by atoms with E-state index in [0.717, 1.165) is 37.5 Å². The van der Waals surface area contributed by atoms with E-state index in [-0.39, 0.29) is 18.9 Å². The van der Waals surface area contributed by atoms with Crippen molar-refractivity contribution in [1.82, 2.24) is 4.72 Å². The number of sulfonamides is 1. The third-order valence-corrected chi connectivity index (χ3v) is 5.96. The molecule has 0 fully saturated rings. The number of hydrogen-bond donors (Lipinski definition) is 2. The summed E-state index contributed by atoms with van der Waals surface area (Å²) in [5.41, 5.74) is 2.06. The molecule has 28 heavy (non-hydrogen) atoms. The molecule has 0 heterocycles. The fraction of sp³-hybridized carbons (Fsp3) is 0.316. The normalized spacial score (nSPS) is 14.0. The van der Waals surface area contributed by atoms with Gasteiger partial charge in [-0.2, -0.15) is 13.2 Å². The Hall–Kier alpha value is -2.39. The van der Waals surface area contributed by atoms with E-state index in [1.165, 1.54) is 11.1 Å². The molecule has 2 N–H and O–H groups in total. The molecule has 2 aromatic rings. The molecule has 5 nitrogen and oxygen atoms in total. The van der Waals surface area contributed by atoms with E-state index < -0.39 is 26.7 Å². The molecular formula is C19H19F3N2O3S. The Morgan fingerprint density at radius 1 is 1.04 bits per heavy atom. The zero-order valence-corrected chi connectivity index (χ0v) is 15.7. The van der Waals surface area contributed by atoms with Crippen LogP contribution in [0.4, 0.5) is 18.9 Å². The Labute approximate surface area is 161 Å². The van der Waals surface area contributed by atoms with Crippen molar-refractivity contribution in [2.75, 3.05) is 11.9 Å². The van der Waals surface area contributed by atoms with Gasteiger partial charge in [0.1, 0.15) is 0 Å². The van der Waals surface area contributed by atoms with E-state index in [0.29, 0.717) is 11.8 Å². The summed E-state index contributed by atoms with van der Waals surface area (Å²) < 4.78 is 64.7. The highest BCUT2D eigenvalue weighted by Gasteiger charge is 2.31. The van der Waals surface area contributed by atoms with Crippen LogP contribution in [0.1, 0.15) is 29.5 Å². The van der Waals surface area contributed by atoms with Crippen LogP contribution in [0.2, 0.25) is 0 Å². The van der Waals surface area contributed by atoms with Gasteiger partial charge in [-0.1, -0.05) is 12.1 Å². The van der Waals surface area contributed by atoms with Crippen molar-refractivity contribution in [3.05, 3.63) is 59.2 Å². The standard InChI is InChI=1S/C19H19F3N2O3S/c20-19(21,22)15-5-2-6-17(12-15)28(26,27)23-10-9-18(25)24-16-8-7-13-3-1-4-14(13)11-16/h2,5-8,11-12,23H,1,3-4,9-10H2,(H,24,25). The summed E-state index contributed by atoms with van der Waals surface area (Å²) in [4.78, 5) is 11.5. The zero-order chi connectivity index (χ0) is 20.4. The lowest BCUT2D eigenvalue weighted by Crippen LogP contribution is -2.28. The number of amides is 1. The first kappa shape index (κ1) is 20.3. The van der Waals surface area contributed by atoms with Crippen LogP contribution in [0.3, 0.4) is 0 Å². The lowest BCUT2D eigenvalue weighted by Gasteiger charge is -2.11. The molecule has 0 spiro atoms. The van der Waals surface area contributed by atoms with E-state index in [4.69, 9.17) is 0 Å². The van der Waals surface area contributed by atoms with Gasteiger partial charge in [0.15, 0.2) is 0 Å². The number of anilines is 1. The minimum Gasteiger partial charge on any atom is -0.326 e. The Morgan fingerprint density at radius 2 is 1.79 bits per heavy atom. The summed E-state index contributed by atoms with van der Waals surface area (Å²) in [5.74, 6) is -0.385. The van der Waals surface area contributed by atoms with E-state index in [1.807, 2.05) is 12.1 Å². The maximum Gasteiger partial charge on any atom is 0.416 e. The molecule has 1 aliphatic carbocycles. The fourth-order valence-electron chi connectivity index (χ4n) is 3.09. The lowest BCUT2D eigenvalue weighted by molar-refractivity contribution is -0.137. The van der Waals surface area contributed by atoms with Gasteiger partial charge < -0.3 is 5.32 Å². The maximum absolute atomic E-state index is 12.7. The molecule has 1 aliphatic rings. The van der Waals surface area contributed by atoms with Crippen LogP contribution >= 0.6 is 0 Å². The van der Waals surface area contributed by atoms with Gasteiger partial charge in [-0.25, -0.2) is 13.1 Å². The molecule has 0 saturated heterocycles. The minimum atomic E-state index is -4.64. The van der Waals surface area contributed by atoms with Gasteiger partial charge in [-0.3, -0.25) is 4.79 Å². The largest absolute Gasteiger partial charge is 0.416 e. The number of carbonyl (C=O) groups is 1. The van der Waals surface area contributed by atoms with E-state index in [2.05, 4.69) is 10.0 Å². The average Bonchev–Trinajstić information content (AvgIpc) is 3.08. The Balaban J connectivity index is 1.56. The Bertz CT molecular complexity index is 988. The number of hydrogen-bond acceptors (Lipinski definition) is 3. The first-order valence-electron chi connectivity index (χ1n) is 8.74. The average molecular weight is 412 g/mol. The van der Waals surface area contributed by atoms with Crippen LogP contribution in [0.5, 0.6) is 0 Å². The van der Waals surface area contributed by atoms with E-state index >= 15 is 0 Å². The quantitative estimate of drug-likeness (QED) is 0.763. The van der Waals surface area contributed by atoms with Crippen molar-refractivity contribution in [3.63, 3.8) is 0 Å². The van der Waals surface area contributed by atoms with Crippen molar-refractivity contribution < 1.29 is 26.4 Å². The summed E-state index contributed by atoms with van der Waals surface area (Å²) in [5, 5.41) is 2.70. The molecule has 3 rings (SSSR count). The number of aryl methyl sites for hydroxylation is 2. The third kappa shape index (κ3) is 4.90. The molecule has 1 amide bonds. The molecule has 0 atom stereocenters. The van der Waals surface area contributed by atoms with Crippen molar-refractivity contribution >= 4 is 21.6 Å². The predicted molar refractivity (Wildman–Crippen MR) is 98.3 cm³/mol. The molecule has 0 saturated carbocycles. The first-order chi connectivity index (χ1) is 13.1. The smallest absolute Gasteiger partial charge is 0.326 e.